The van der Waals surface area contributed by atoms with E-state index in [9.17, 15) is 4.79 Å². The van der Waals surface area contributed by atoms with Crippen LogP contribution in [0.2, 0.25) is 0 Å². The fraction of sp³-hybridized carbons (Fsp3) is 0.100. The molecule has 0 atom stereocenters. The molecule has 0 amide bonds. The van der Waals surface area contributed by atoms with Crippen molar-refractivity contribution >= 4 is 11.3 Å². The van der Waals surface area contributed by atoms with Crippen molar-refractivity contribution in [3.63, 3.8) is 0 Å². The van der Waals surface area contributed by atoms with Gasteiger partial charge in [-0.05, 0) is 29.1 Å². The first-order valence-electron chi connectivity index (χ1n) is 4.17. The summed E-state index contributed by atoms with van der Waals surface area (Å²) in [6.45, 7) is -0.0967. The lowest BCUT2D eigenvalue weighted by molar-refractivity contribution is 0.281. The highest BCUT2D eigenvalue weighted by atomic mass is 32.1. The van der Waals surface area contributed by atoms with E-state index in [1.807, 2.05) is 17.5 Å². The minimum absolute atomic E-state index is 0.0967. The van der Waals surface area contributed by atoms with Crippen LogP contribution in [0.1, 0.15) is 5.56 Å². The highest BCUT2D eigenvalue weighted by Gasteiger charge is 2.00. The van der Waals surface area contributed by atoms with E-state index in [0.29, 0.717) is 5.56 Å². The quantitative estimate of drug-likeness (QED) is 0.808. The van der Waals surface area contributed by atoms with Crippen molar-refractivity contribution in [2.45, 2.75) is 6.61 Å². The summed E-state index contributed by atoms with van der Waals surface area (Å²) in [5.74, 6) is 0. The Labute approximate surface area is 84.9 Å². The third-order valence-electron chi connectivity index (χ3n) is 1.91. The number of nitrogens with zero attached hydrogens (tertiary/aromatic N) is 1. The topological polar surface area (TPSA) is 42.2 Å². The van der Waals surface area contributed by atoms with Crippen LogP contribution in [0.5, 0.6) is 0 Å². The van der Waals surface area contributed by atoms with Gasteiger partial charge in [0.2, 0.25) is 0 Å². The molecule has 2 aromatic rings. The van der Waals surface area contributed by atoms with Crippen molar-refractivity contribution in [2.24, 2.45) is 0 Å². The predicted molar refractivity (Wildman–Crippen MR) is 55.8 cm³/mol. The number of aliphatic hydroxyl groups excluding tert-OH is 1. The zero-order chi connectivity index (χ0) is 9.97. The number of thiophene rings is 1. The second-order valence-electron chi connectivity index (χ2n) is 2.85. The van der Waals surface area contributed by atoms with Crippen LogP contribution in [-0.2, 0) is 6.61 Å². The molecule has 0 aliphatic rings. The highest BCUT2D eigenvalue weighted by Crippen LogP contribution is 2.12. The van der Waals surface area contributed by atoms with Gasteiger partial charge < -0.3 is 5.11 Å². The molecule has 14 heavy (non-hydrogen) atoms. The number of aromatic nitrogens is 1. The molecule has 0 fully saturated rings. The molecule has 0 aliphatic carbocycles. The largest absolute Gasteiger partial charge is 0.392 e. The average molecular weight is 207 g/mol. The summed E-state index contributed by atoms with van der Waals surface area (Å²) in [4.78, 5) is 11.6. The van der Waals surface area contributed by atoms with Gasteiger partial charge in [-0.1, -0.05) is 0 Å². The normalized spacial score (nSPS) is 10.4. The van der Waals surface area contributed by atoms with Crippen molar-refractivity contribution in [2.75, 3.05) is 0 Å². The lowest BCUT2D eigenvalue weighted by atomic mass is 10.3. The number of aliphatic hydroxyl groups is 1. The molecule has 2 aromatic heterocycles. The lowest BCUT2D eigenvalue weighted by Crippen LogP contribution is -2.16. The van der Waals surface area contributed by atoms with Gasteiger partial charge in [0, 0.05) is 12.3 Å². The van der Waals surface area contributed by atoms with Crippen LogP contribution in [-0.4, -0.2) is 9.67 Å². The molecule has 0 bridgehead atoms. The summed E-state index contributed by atoms with van der Waals surface area (Å²) < 4.78 is 1.56. The molecule has 4 heteroatoms. The minimum Gasteiger partial charge on any atom is -0.392 e. The maximum Gasteiger partial charge on any atom is 0.256 e. The lowest BCUT2D eigenvalue weighted by Gasteiger charge is -2.02. The van der Waals surface area contributed by atoms with Crippen LogP contribution >= 0.6 is 11.3 Å². The molecule has 1 N–H and O–H groups in total. The molecule has 0 saturated heterocycles. The molecular weight excluding hydrogens is 198 g/mol. The Balaban J connectivity index is 2.51. The van der Waals surface area contributed by atoms with Gasteiger partial charge in [0.15, 0.2) is 0 Å². The number of rotatable bonds is 2. The summed E-state index contributed by atoms with van der Waals surface area (Å²) in [5.41, 5.74) is 0.529. The van der Waals surface area contributed by atoms with Gasteiger partial charge in [-0.15, -0.1) is 11.3 Å². The van der Waals surface area contributed by atoms with Crippen molar-refractivity contribution in [1.82, 2.24) is 4.57 Å². The van der Waals surface area contributed by atoms with Gasteiger partial charge in [0.1, 0.15) is 5.00 Å². The highest BCUT2D eigenvalue weighted by molar-refractivity contribution is 7.12. The maximum atomic E-state index is 11.6. The van der Waals surface area contributed by atoms with E-state index >= 15 is 0 Å². The molecule has 2 heterocycles. The Morgan fingerprint density at radius 2 is 2.29 bits per heavy atom. The van der Waals surface area contributed by atoms with Gasteiger partial charge in [0.25, 0.3) is 5.56 Å². The summed E-state index contributed by atoms with van der Waals surface area (Å²) >= 11 is 1.50. The first-order valence-corrected chi connectivity index (χ1v) is 5.05. The second kappa shape index (κ2) is 3.77. The van der Waals surface area contributed by atoms with Crippen molar-refractivity contribution < 1.29 is 5.11 Å². The van der Waals surface area contributed by atoms with Gasteiger partial charge in [0.05, 0.1) is 6.61 Å². The first kappa shape index (κ1) is 9.18. The van der Waals surface area contributed by atoms with E-state index in [2.05, 4.69) is 0 Å². The molecule has 0 saturated carbocycles. The summed E-state index contributed by atoms with van der Waals surface area (Å²) in [5, 5.41) is 11.6. The standard InChI is InChI=1S/C10H9NO2S/c12-7-8-3-4-11(9(13)6-8)10-2-1-5-14-10/h1-6,12H,7H2. The third-order valence-corrected chi connectivity index (χ3v) is 2.78. The van der Waals surface area contributed by atoms with E-state index in [1.165, 1.54) is 17.4 Å². The summed E-state index contributed by atoms with van der Waals surface area (Å²) in [6.07, 6.45) is 1.68. The Bertz CT molecular complexity index is 473. The Hall–Kier alpha value is -1.39. The number of hydrogen-bond donors (Lipinski definition) is 1. The molecule has 0 aliphatic heterocycles. The first-order chi connectivity index (χ1) is 6.81. The average Bonchev–Trinajstić information content (AvgIpc) is 2.70. The fourth-order valence-corrected chi connectivity index (χ4v) is 1.93. The van der Waals surface area contributed by atoms with E-state index in [4.69, 9.17) is 5.11 Å². The fourth-order valence-electron chi connectivity index (χ4n) is 1.21. The maximum absolute atomic E-state index is 11.6. The molecule has 0 spiro atoms. The van der Waals surface area contributed by atoms with Gasteiger partial charge in [-0.2, -0.15) is 0 Å². The van der Waals surface area contributed by atoms with Gasteiger partial charge in [-0.3, -0.25) is 9.36 Å². The molecule has 72 valence electrons. The summed E-state index contributed by atoms with van der Waals surface area (Å²) in [6, 6.07) is 6.96. The van der Waals surface area contributed by atoms with Gasteiger partial charge >= 0.3 is 0 Å². The van der Waals surface area contributed by atoms with Crippen LogP contribution in [0.4, 0.5) is 0 Å². The Morgan fingerprint density at radius 3 is 2.86 bits per heavy atom. The third kappa shape index (κ3) is 1.62. The van der Waals surface area contributed by atoms with E-state index < -0.39 is 0 Å². The van der Waals surface area contributed by atoms with E-state index in [0.717, 1.165) is 5.00 Å². The molecule has 0 radical (unpaired) electrons. The smallest absolute Gasteiger partial charge is 0.256 e. The zero-order valence-corrected chi connectivity index (χ0v) is 8.20. The minimum atomic E-state index is -0.112. The van der Waals surface area contributed by atoms with Crippen LogP contribution in [0.25, 0.3) is 5.00 Å². The molecule has 2 rings (SSSR count). The van der Waals surface area contributed by atoms with Crippen molar-refractivity contribution in [3.8, 4) is 5.00 Å². The zero-order valence-electron chi connectivity index (χ0n) is 7.38. The van der Waals surface area contributed by atoms with Gasteiger partial charge in [-0.25, -0.2) is 0 Å². The number of pyridine rings is 1. The Morgan fingerprint density at radius 1 is 1.43 bits per heavy atom. The molecule has 3 nitrogen and oxygen atoms in total. The van der Waals surface area contributed by atoms with Crippen LogP contribution in [0.15, 0.2) is 40.6 Å². The SMILES string of the molecule is O=c1cc(CO)ccn1-c1cccs1. The van der Waals surface area contributed by atoms with Crippen molar-refractivity contribution in [1.29, 1.82) is 0 Å². The predicted octanol–water partition coefficient (Wildman–Crippen LogP) is 1.39. The van der Waals surface area contributed by atoms with Crippen molar-refractivity contribution in [3.05, 3.63) is 51.8 Å². The second-order valence-corrected chi connectivity index (χ2v) is 3.78. The van der Waals surface area contributed by atoms with E-state index in [-0.39, 0.29) is 12.2 Å². The molecule has 0 aromatic carbocycles. The van der Waals surface area contributed by atoms with Crippen LogP contribution in [0, 0.1) is 0 Å². The number of hydrogen-bond acceptors (Lipinski definition) is 3. The van der Waals surface area contributed by atoms with Crippen LogP contribution in [0.3, 0.4) is 0 Å². The molecular formula is C10H9NO2S. The molecule has 0 unspecified atom stereocenters. The monoisotopic (exact) mass is 207 g/mol. The summed E-state index contributed by atoms with van der Waals surface area (Å²) in [7, 11) is 0. The van der Waals surface area contributed by atoms with Crippen LogP contribution < -0.4 is 5.56 Å². The van der Waals surface area contributed by atoms with E-state index in [1.54, 1.807) is 16.8 Å². The Kier molecular flexibility index (Phi) is 2.47.